The summed E-state index contributed by atoms with van der Waals surface area (Å²) in [5.41, 5.74) is 0. The van der Waals surface area contributed by atoms with Crippen molar-refractivity contribution in [2.24, 2.45) is 0 Å². The minimum atomic E-state index is 0.0313. The molecule has 0 spiro atoms. The van der Waals surface area contributed by atoms with Gasteiger partial charge in [-0.15, -0.1) is 10.2 Å². The van der Waals surface area contributed by atoms with Crippen LogP contribution in [0.15, 0.2) is 22.8 Å². The van der Waals surface area contributed by atoms with Crippen molar-refractivity contribution in [1.82, 2.24) is 25.9 Å². The van der Waals surface area contributed by atoms with Gasteiger partial charge < -0.3 is 4.42 Å². The van der Waals surface area contributed by atoms with Gasteiger partial charge in [-0.2, -0.15) is 5.21 Å². The highest BCUT2D eigenvalue weighted by Crippen LogP contribution is 2.16. The van der Waals surface area contributed by atoms with Gasteiger partial charge in [-0.1, -0.05) is 5.21 Å². The highest BCUT2D eigenvalue weighted by atomic mass is 16.3. The predicted molar refractivity (Wildman–Crippen MR) is 52.9 cm³/mol. The fraction of sp³-hybridized carbons (Fsp3) is 0.444. The summed E-state index contributed by atoms with van der Waals surface area (Å²) in [7, 11) is 0. The van der Waals surface area contributed by atoms with Crippen molar-refractivity contribution in [2.45, 2.75) is 25.9 Å². The van der Waals surface area contributed by atoms with E-state index in [9.17, 15) is 0 Å². The maximum absolute atomic E-state index is 5.29. The molecule has 2 aromatic heterocycles. The van der Waals surface area contributed by atoms with E-state index in [-0.39, 0.29) is 12.1 Å². The highest BCUT2D eigenvalue weighted by molar-refractivity contribution is 5.04. The van der Waals surface area contributed by atoms with E-state index in [1.807, 2.05) is 26.0 Å². The van der Waals surface area contributed by atoms with E-state index in [4.69, 9.17) is 4.42 Å². The van der Waals surface area contributed by atoms with Gasteiger partial charge in [0.1, 0.15) is 5.76 Å². The van der Waals surface area contributed by atoms with Crippen LogP contribution in [0.1, 0.15) is 37.5 Å². The zero-order valence-corrected chi connectivity index (χ0v) is 8.64. The molecule has 2 unspecified atom stereocenters. The van der Waals surface area contributed by atoms with E-state index < -0.39 is 0 Å². The van der Waals surface area contributed by atoms with Crippen LogP contribution in [-0.4, -0.2) is 20.6 Å². The van der Waals surface area contributed by atoms with E-state index in [1.165, 1.54) is 0 Å². The minimum absolute atomic E-state index is 0.0313. The summed E-state index contributed by atoms with van der Waals surface area (Å²) in [6, 6.07) is 3.95. The molecule has 0 aromatic carbocycles. The van der Waals surface area contributed by atoms with Crippen LogP contribution in [0.2, 0.25) is 0 Å². The molecule has 2 atom stereocenters. The second-order valence-corrected chi connectivity index (χ2v) is 3.40. The Hall–Kier alpha value is -1.69. The quantitative estimate of drug-likeness (QED) is 0.787. The van der Waals surface area contributed by atoms with E-state index in [2.05, 4.69) is 25.9 Å². The Balaban J connectivity index is 1.98. The van der Waals surface area contributed by atoms with Gasteiger partial charge in [0.05, 0.1) is 18.3 Å². The van der Waals surface area contributed by atoms with Gasteiger partial charge in [-0.3, -0.25) is 5.32 Å². The summed E-state index contributed by atoms with van der Waals surface area (Å²) in [5, 5.41) is 17.1. The molecule has 0 bridgehead atoms. The Kier molecular flexibility index (Phi) is 2.77. The number of nitrogens with one attached hydrogen (secondary N) is 2. The summed E-state index contributed by atoms with van der Waals surface area (Å²) in [6.07, 6.45) is 1.66. The van der Waals surface area contributed by atoms with Gasteiger partial charge in [0.2, 0.25) is 0 Å². The van der Waals surface area contributed by atoms with E-state index in [0.717, 1.165) is 5.76 Å². The van der Waals surface area contributed by atoms with Crippen molar-refractivity contribution in [3.05, 3.63) is 30.0 Å². The van der Waals surface area contributed by atoms with Crippen LogP contribution >= 0.6 is 0 Å². The highest BCUT2D eigenvalue weighted by Gasteiger charge is 2.15. The van der Waals surface area contributed by atoms with Gasteiger partial charge >= 0.3 is 0 Å². The number of aromatic amines is 1. The molecule has 80 valence electrons. The molecule has 2 aromatic rings. The Labute approximate surface area is 87.1 Å². The molecule has 0 aliphatic carbocycles. The lowest BCUT2D eigenvalue weighted by Gasteiger charge is -2.15. The molecule has 6 nitrogen and oxygen atoms in total. The largest absolute Gasteiger partial charge is 0.468 e. The predicted octanol–water partition coefficient (Wildman–Crippen LogP) is 1.20. The molecular formula is C9H13N5O. The van der Waals surface area contributed by atoms with Crippen molar-refractivity contribution in [3.8, 4) is 0 Å². The molecule has 0 saturated heterocycles. The summed E-state index contributed by atoms with van der Waals surface area (Å²) in [6.45, 7) is 4.00. The first kappa shape index (κ1) is 9.85. The van der Waals surface area contributed by atoms with Gasteiger partial charge in [-0.05, 0) is 26.0 Å². The Bertz CT molecular complexity index is 344. The number of H-pyrrole nitrogens is 1. The first-order valence-corrected chi connectivity index (χ1v) is 4.80. The number of aromatic nitrogens is 4. The van der Waals surface area contributed by atoms with E-state index in [0.29, 0.717) is 5.82 Å². The van der Waals surface area contributed by atoms with Crippen LogP contribution in [-0.2, 0) is 0 Å². The maximum atomic E-state index is 5.29. The second-order valence-electron chi connectivity index (χ2n) is 3.40. The van der Waals surface area contributed by atoms with Gasteiger partial charge in [0.15, 0.2) is 5.82 Å². The summed E-state index contributed by atoms with van der Waals surface area (Å²) in [5.74, 6) is 1.54. The Morgan fingerprint density at radius 3 is 2.87 bits per heavy atom. The molecule has 15 heavy (non-hydrogen) atoms. The van der Waals surface area contributed by atoms with Crippen LogP contribution in [0.25, 0.3) is 0 Å². The van der Waals surface area contributed by atoms with Crippen LogP contribution in [0.5, 0.6) is 0 Å². The molecule has 0 aliphatic heterocycles. The topological polar surface area (TPSA) is 79.6 Å². The molecule has 2 N–H and O–H groups in total. The Morgan fingerprint density at radius 1 is 1.40 bits per heavy atom. The SMILES string of the molecule is CC(NC(C)c1ccco1)c1nn[nH]n1. The molecule has 0 fully saturated rings. The molecule has 0 saturated carbocycles. The molecule has 0 amide bonds. The van der Waals surface area contributed by atoms with Gasteiger partial charge in [-0.25, -0.2) is 0 Å². The Morgan fingerprint density at radius 2 is 2.27 bits per heavy atom. The molecule has 2 rings (SSSR count). The number of furan rings is 1. The number of hydrogen-bond acceptors (Lipinski definition) is 5. The fourth-order valence-electron chi connectivity index (χ4n) is 1.42. The van der Waals surface area contributed by atoms with Gasteiger partial charge in [0.25, 0.3) is 0 Å². The van der Waals surface area contributed by atoms with E-state index >= 15 is 0 Å². The summed E-state index contributed by atoms with van der Waals surface area (Å²) >= 11 is 0. The van der Waals surface area contributed by atoms with Crippen LogP contribution in [0.3, 0.4) is 0 Å². The van der Waals surface area contributed by atoms with Crippen molar-refractivity contribution >= 4 is 0 Å². The molecule has 6 heteroatoms. The summed E-state index contributed by atoms with van der Waals surface area (Å²) in [4.78, 5) is 0. The molecule has 2 heterocycles. The maximum Gasteiger partial charge on any atom is 0.191 e. The summed E-state index contributed by atoms with van der Waals surface area (Å²) < 4.78 is 5.29. The number of hydrogen-bond donors (Lipinski definition) is 2. The lowest BCUT2D eigenvalue weighted by Crippen LogP contribution is -2.23. The van der Waals surface area contributed by atoms with Crippen molar-refractivity contribution in [3.63, 3.8) is 0 Å². The van der Waals surface area contributed by atoms with E-state index in [1.54, 1.807) is 6.26 Å². The van der Waals surface area contributed by atoms with Crippen molar-refractivity contribution in [1.29, 1.82) is 0 Å². The average molecular weight is 207 g/mol. The third-order valence-corrected chi connectivity index (χ3v) is 2.22. The standard InChI is InChI=1S/C9H13N5O/c1-6(8-4-3-5-15-8)10-7(2)9-11-13-14-12-9/h3-7,10H,1-2H3,(H,11,12,13,14). The smallest absolute Gasteiger partial charge is 0.191 e. The first-order valence-electron chi connectivity index (χ1n) is 4.80. The zero-order valence-electron chi connectivity index (χ0n) is 8.64. The third-order valence-electron chi connectivity index (χ3n) is 2.22. The third kappa shape index (κ3) is 2.21. The minimum Gasteiger partial charge on any atom is -0.468 e. The average Bonchev–Trinajstić information content (AvgIpc) is 2.91. The van der Waals surface area contributed by atoms with Crippen molar-refractivity contribution in [2.75, 3.05) is 0 Å². The zero-order chi connectivity index (χ0) is 10.7. The van der Waals surface area contributed by atoms with Gasteiger partial charge in [0, 0.05) is 0 Å². The number of tetrazole rings is 1. The van der Waals surface area contributed by atoms with Crippen molar-refractivity contribution < 1.29 is 4.42 Å². The molecule has 0 radical (unpaired) electrons. The lowest BCUT2D eigenvalue weighted by molar-refractivity contribution is 0.396. The lowest BCUT2D eigenvalue weighted by atomic mass is 10.2. The normalized spacial score (nSPS) is 15.1. The fourth-order valence-corrected chi connectivity index (χ4v) is 1.42. The molecular weight excluding hydrogens is 194 g/mol. The first-order chi connectivity index (χ1) is 7.27. The monoisotopic (exact) mass is 207 g/mol. The van der Waals surface area contributed by atoms with Crippen LogP contribution in [0, 0.1) is 0 Å². The van der Waals surface area contributed by atoms with Crippen LogP contribution < -0.4 is 5.32 Å². The van der Waals surface area contributed by atoms with Crippen LogP contribution in [0.4, 0.5) is 0 Å². The second kappa shape index (κ2) is 4.22. The number of rotatable bonds is 4. The molecule has 0 aliphatic rings. The number of nitrogens with zero attached hydrogens (tertiary/aromatic N) is 3.